The number of ether oxygens (including phenoxy) is 1. The van der Waals surface area contributed by atoms with E-state index in [0.717, 1.165) is 42.2 Å². The van der Waals surface area contributed by atoms with E-state index < -0.39 is 0 Å². The number of morpholine rings is 1. The van der Waals surface area contributed by atoms with Crippen LogP contribution in [0.2, 0.25) is 0 Å². The third-order valence-electron chi connectivity index (χ3n) is 4.95. The van der Waals surface area contributed by atoms with Crippen molar-refractivity contribution in [2.24, 2.45) is 5.92 Å². The fraction of sp³-hybridized carbons (Fsp3) is 0.889. The molecule has 0 amide bonds. The molecule has 2 unspecified atom stereocenters. The molecule has 3 rings (SSSR count). The van der Waals surface area contributed by atoms with Gasteiger partial charge in [0.2, 0.25) is 5.13 Å². The summed E-state index contributed by atoms with van der Waals surface area (Å²) in [5.41, 5.74) is 0.0952. The van der Waals surface area contributed by atoms with Gasteiger partial charge in [-0.15, -0.1) is 10.2 Å². The predicted molar refractivity (Wildman–Crippen MR) is 100.0 cm³/mol. The quantitative estimate of drug-likeness (QED) is 0.836. The summed E-state index contributed by atoms with van der Waals surface area (Å²) in [7, 11) is 0. The summed E-state index contributed by atoms with van der Waals surface area (Å²) in [4.78, 5) is 5.02. The van der Waals surface area contributed by atoms with E-state index in [2.05, 4.69) is 54.6 Å². The lowest BCUT2D eigenvalue weighted by Gasteiger charge is -2.39. The largest absolute Gasteiger partial charge is 0.373 e. The van der Waals surface area contributed by atoms with Crippen LogP contribution in [0.25, 0.3) is 0 Å². The van der Waals surface area contributed by atoms with Gasteiger partial charge in [0.25, 0.3) is 0 Å². The Morgan fingerprint density at radius 2 is 1.71 bits per heavy atom. The summed E-state index contributed by atoms with van der Waals surface area (Å²) in [6.45, 7) is 16.6. The Bertz CT molecular complexity index is 523. The smallest absolute Gasteiger partial charge is 0.208 e. The Balaban J connectivity index is 1.50. The summed E-state index contributed by atoms with van der Waals surface area (Å²) < 4.78 is 5.85. The van der Waals surface area contributed by atoms with Gasteiger partial charge in [0, 0.05) is 38.1 Å². The lowest BCUT2D eigenvalue weighted by atomic mass is 9.96. The van der Waals surface area contributed by atoms with Crippen LogP contribution in [0.4, 0.5) is 5.13 Å². The Kier molecular flexibility index (Phi) is 5.47. The number of hydrogen-bond acceptors (Lipinski definition) is 6. The molecule has 0 bridgehead atoms. The van der Waals surface area contributed by atoms with Gasteiger partial charge in [-0.05, 0) is 32.6 Å². The Morgan fingerprint density at radius 1 is 1.08 bits per heavy atom. The van der Waals surface area contributed by atoms with E-state index in [1.165, 1.54) is 19.4 Å². The number of piperidine rings is 1. The van der Waals surface area contributed by atoms with Crippen LogP contribution in [0.15, 0.2) is 0 Å². The minimum atomic E-state index is 0.0952. The van der Waals surface area contributed by atoms with Gasteiger partial charge in [0.15, 0.2) is 0 Å². The van der Waals surface area contributed by atoms with E-state index in [4.69, 9.17) is 4.74 Å². The summed E-state index contributed by atoms with van der Waals surface area (Å²) in [6.07, 6.45) is 3.24. The topological polar surface area (TPSA) is 41.5 Å². The molecule has 24 heavy (non-hydrogen) atoms. The van der Waals surface area contributed by atoms with Crippen LogP contribution in [0.3, 0.4) is 0 Å². The van der Waals surface area contributed by atoms with Crippen molar-refractivity contribution in [1.29, 1.82) is 0 Å². The Morgan fingerprint density at radius 3 is 2.25 bits per heavy atom. The molecule has 0 spiro atoms. The fourth-order valence-electron chi connectivity index (χ4n) is 3.75. The zero-order valence-corrected chi connectivity index (χ0v) is 16.6. The molecule has 5 nitrogen and oxygen atoms in total. The first-order valence-electron chi connectivity index (χ1n) is 9.28. The lowest BCUT2D eigenvalue weighted by Crippen LogP contribution is -2.48. The van der Waals surface area contributed by atoms with E-state index in [-0.39, 0.29) is 5.41 Å². The van der Waals surface area contributed by atoms with Gasteiger partial charge < -0.3 is 9.64 Å². The average Bonchev–Trinajstić information content (AvgIpc) is 2.97. The highest BCUT2D eigenvalue weighted by Crippen LogP contribution is 2.32. The SMILES string of the molecule is CC1CN(CC2CCN(c3nnc(C(C)(C)C)s3)CC2)CC(C)O1. The van der Waals surface area contributed by atoms with Gasteiger partial charge in [-0.3, -0.25) is 4.90 Å². The standard InChI is InChI=1S/C18H32N4OS/c1-13-10-21(11-14(2)23-13)12-15-6-8-22(9-7-15)17-20-19-16(24-17)18(3,4)5/h13-15H,6-12H2,1-5H3. The highest BCUT2D eigenvalue weighted by Gasteiger charge is 2.28. The Hall–Kier alpha value is -0.720. The van der Waals surface area contributed by atoms with Crippen LogP contribution in [-0.2, 0) is 10.2 Å². The molecule has 0 saturated carbocycles. The van der Waals surface area contributed by atoms with Gasteiger partial charge in [0.1, 0.15) is 5.01 Å². The van der Waals surface area contributed by atoms with Crippen LogP contribution in [0.5, 0.6) is 0 Å². The first-order chi connectivity index (χ1) is 11.3. The minimum Gasteiger partial charge on any atom is -0.373 e. The summed E-state index contributed by atoms with van der Waals surface area (Å²) in [5, 5.41) is 11.1. The van der Waals surface area contributed by atoms with E-state index in [9.17, 15) is 0 Å². The van der Waals surface area contributed by atoms with Crippen LogP contribution in [-0.4, -0.2) is 60.0 Å². The van der Waals surface area contributed by atoms with Crippen LogP contribution >= 0.6 is 11.3 Å². The molecule has 1 aromatic heterocycles. The molecule has 2 aliphatic rings. The van der Waals surface area contributed by atoms with Crippen molar-refractivity contribution in [1.82, 2.24) is 15.1 Å². The molecule has 6 heteroatoms. The molecule has 2 saturated heterocycles. The molecular weight excluding hydrogens is 320 g/mol. The van der Waals surface area contributed by atoms with E-state index >= 15 is 0 Å². The maximum atomic E-state index is 5.85. The van der Waals surface area contributed by atoms with E-state index in [1.54, 1.807) is 11.3 Å². The molecule has 2 fully saturated rings. The minimum absolute atomic E-state index is 0.0952. The van der Waals surface area contributed by atoms with Crippen molar-refractivity contribution >= 4 is 16.5 Å². The van der Waals surface area contributed by atoms with Crippen molar-refractivity contribution in [3.8, 4) is 0 Å². The molecule has 0 aromatic carbocycles. The molecule has 2 atom stereocenters. The highest BCUT2D eigenvalue weighted by atomic mass is 32.1. The molecule has 0 N–H and O–H groups in total. The van der Waals surface area contributed by atoms with Crippen LogP contribution in [0.1, 0.15) is 52.5 Å². The van der Waals surface area contributed by atoms with Crippen molar-refractivity contribution in [2.45, 2.75) is 65.1 Å². The van der Waals surface area contributed by atoms with Crippen molar-refractivity contribution in [3.05, 3.63) is 5.01 Å². The fourth-order valence-corrected chi connectivity index (χ4v) is 4.71. The second kappa shape index (κ2) is 7.26. The molecule has 0 aliphatic carbocycles. The first-order valence-corrected chi connectivity index (χ1v) is 10.1. The van der Waals surface area contributed by atoms with Crippen LogP contribution < -0.4 is 4.90 Å². The number of rotatable bonds is 3. The highest BCUT2D eigenvalue weighted by molar-refractivity contribution is 7.15. The van der Waals surface area contributed by atoms with Gasteiger partial charge in [-0.2, -0.15) is 0 Å². The zero-order valence-electron chi connectivity index (χ0n) is 15.8. The number of anilines is 1. The third-order valence-corrected chi connectivity index (χ3v) is 6.36. The normalized spacial score (nSPS) is 27.6. The van der Waals surface area contributed by atoms with Gasteiger partial charge in [-0.25, -0.2) is 0 Å². The molecule has 1 aromatic rings. The second-order valence-electron chi connectivity index (χ2n) is 8.55. The lowest BCUT2D eigenvalue weighted by molar-refractivity contribution is -0.0720. The molecule has 2 aliphatic heterocycles. The molecule has 3 heterocycles. The van der Waals surface area contributed by atoms with Gasteiger partial charge >= 0.3 is 0 Å². The van der Waals surface area contributed by atoms with E-state index in [0.29, 0.717) is 12.2 Å². The van der Waals surface area contributed by atoms with Crippen molar-refractivity contribution in [3.63, 3.8) is 0 Å². The van der Waals surface area contributed by atoms with Crippen molar-refractivity contribution < 1.29 is 4.74 Å². The average molecular weight is 353 g/mol. The zero-order chi connectivity index (χ0) is 17.3. The molecular formula is C18H32N4OS. The van der Waals surface area contributed by atoms with E-state index in [1.807, 2.05) is 0 Å². The van der Waals surface area contributed by atoms with Gasteiger partial charge in [0.05, 0.1) is 12.2 Å². The second-order valence-corrected chi connectivity index (χ2v) is 9.50. The number of nitrogens with zero attached hydrogens (tertiary/aromatic N) is 4. The maximum absolute atomic E-state index is 5.85. The summed E-state index contributed by atoms with van der Waals surface area (Å²) >= 11 is 1.76. The summed E-state index contributed by atoms with van der Waals surface area (Å²) in [6, 6.07) is 0. The maximum Gasteiger partial charge on any atom is 0.208 e. The predicted octanol–water partition coefficient (Wildman–Crippen LogP) is 3.16. The molecule has 0 radical (unpaired) electrons. The van der Waals surface area contributed by atoms with Crippen molar-refractivity contribution in [2.75, 3.05) is 37.6 Å². The first kappa shape index (κ1) is 18.1. The van der Waals surface area contributed by atoms with Crippen LogP contribution in [0, 0.1) is 5.92 Å². The third kappa shape index (κ3) is 4.46. The number of aromatic nitrogens is 2. The summed E-state index contributed by atoms with van der Waals surface area (Å²) in [5.74, 6) is 0.800. The molecule has 136 valence electrons. The number of hydrogen-bond donors (Lipinski definition) is 0. The van der Waals surface area contributed by atoms with Gasteiger partial charge in [-0.1, -0.05) is 32.1 Å². The monoisotopic (exact) mass is 352 g/mol. The Labute approximate surface area is 150 Å².